The van der Waals surface area contributed by atoms with Gasteiger partial charge in [0.2, 0.25) is 5.91 Å². The molecular formula is C17H14N6O. The second-order valence-electron chi connectivity index (χ2n) is 5.72. The Kier molecular flexibility index (Phi) is 3.24. The first-order valence-electron chi connectivity index (χ1n) is 7.74. The van der Waals surface area contributed by atoms with E-state index in [1.165, 1.54) is 6.33 Å². The SMILES string of the molecule is CCCn1cc2c(C3C(=O)Nc4ccc(C#N)cc43)ncnc2n1. The fourth-order valence-electron chi connectivity index (χ4n) is 3.08. The van der Waals surface area contributed by atoms with Crippen LogP contribution in [0.1, 0.15) is 36.1 Å². The van der Waals surface area contributed by atoms with Crippen molar-refractivity contribution in [2.24, 2.45) is 0 Å². The molecule has 0 bridgehead atoms. The van der Waals surface area contributed by atoms with Crippen molar-refractivity contribution in [1.82, 2.24) is 19.7 Å². The number of carbonyl (C=O) groups excluding carboxylic acids is 1. The van der Waals surface area contributed by atoms with E-state index in [1.807, 2.05) is 10.9 Å². The number of fused-ring (bicyclic) bond motifs is 2. The summed E-state index contributed by atoms with van der Waals surface area (Å²) in [4.78, 5) is 21.1. The zero-order chi connectivity index (χ0) is 16.7. The Hall–Kier alpha value is -3.27. The van der Waals surface area contributed by atoms with Crippen LogP contribution in [0.4, 0.5) is 5.69 Å². The number of nitrogens with zero attached hydrogens (tertiary/aromatic N) is 5. The Labute approximate surface area is 138 Å². The number of aryl methyl sites for hydroxylation is 1. The van der Waals surface area contributed by atoms with Gasteiger partial charge < -0.3 is 5.32 Å². The fourth-order valence-corrected chi connectivity index (χ4v) is 3.08. The first kappa shape index (κ1) is 14.3. The van der Waals surface area contributed by atoms with Gasteiger partial charge in [0, 0.05) is 18.4 Å². The molecular weight excluding hydrogens is 304 g/mol. The first-order chi connectivity index (χ1) is 11.7. The molecule has 0 saturated carbocycles. The third-order valence-electron chi connectivity index (χ3n) is 4.13. The van der Waals surface area contributed by atoms with Crippen molar-refractivity contribution in [3.63, 3.8) is 0 Å². The minimum atomic E-state index is -0.557. The van der Waals surface area contributed by atoms with E-state index in [0.717, 1.165) is 29.6 Å². The summed E-state index contributed by atoms with van der Waals surface area (Å²) in [5, 5.41) is 17.2. The van der Waals surface area contributed by atoms with Crippen molar-refractivity contribution in [3.8, 4) is 6.07 Å². The van der Waals surface area contributed by atoms with E-state index in [9.17, 15) is 4.79 Å². The maximum absolute atomic E-state index is 12.5. The molecule has 0 saturated heterocycles. The van der Waals surface area contributed by atoms with Crippen molar-refractivity contribution in [2.75, 3.05) is 5.32 Å². The molecule has 1 amide bonds. The van der Waals surface area contributed by atoms with Gasteiger partial charge in [-0.3, -0.25) is 9.48 Å². The standard InChI is InChI=1S/C17H14N6O/c1-2-5-23-8-12-15(19-9-20-16(12)22-23)14-11-6-10(7-18)3-4-13(11)21-17(14)24/h3-4,6,8-9,14H,2,5H2,1H3,(H,21,24). The molecule has 3 heterocycles. The van der Waals surface area contributed by atoms with Crippen molar-refractivity contribution in [1.29, 1.82) is 5.26 Å². The molecule has 0 spiro atoms. The quantitative estimate of drug-likeness (QED) is 0.798. The molecule has 0 fully saturated rings. The Bertz CT molecular complexity index is 1000. The van der Waals surface area contributed by atoms with Gasteiger partial charge in [0.05, 0.1) is 22.7 Å². The third-order valence-corrected chi connectivity index (χ3v) is 4.13. The summed E-state index contributed by atoms with van der Waals surface area (Å²) < 4.78 is 1.82. The van der Waals surface area contributed by atoms with E-state index < -0.39 is 5.92 Å². The molecule has 1 atom stereocenters. The molecule has 0 aliphatic carbocycles. The summed E-state index contributed by atoms with van der Waals surface area (Å²) in [5.41, 5.74) is 3.20. The van der Waals surface area contributed by atoms with Gasteiger partial charge in [-0.2, -0.15) is 10.4 Å². The van der Waals surface area contributed by atoms with Crippen molar-refractivity contribution in [2.45, 2.75) is 25.8 Å². The highest BCUT2D eigenvalue weighted by Gasteiger charge is 2.35. The fraction of sp³-hybridized carbons (Fsp3) is 0.235. The lowest BCUT2D eigenvalue weighted by Crippen LogP contribution is -2.14. The van der Waals surface area contributed by atoms with E-state index in [4.69, 9.17) is 5.26 Å². The lowest BCUT2D eigenvalue weighted by molar-refractivity contribution is -0.116. The van der Waals surface area contributed by atoms with Crippen LogP contribution in [0, 0.1) is 11.3 Å². The number of amides is 1. The van der Waals surface area contributed by atoms with E-state index in [1.54, 1.807) is 18.2 Å². The summed E-state index contributed by atoms with van der Waals surface area (Å²) in [7, 11) is 0. The zero-order valence-electron chi connectivity index (χ0n) is 13.0. The van der Waals surface area contributed by atoms with Crippen LogP contribution in [0.2, 0.25) is 0 Å². The Morgan fingerprint density at radius 1 is 1.38 bits per heavy atom. The van der Waals surface area contributed by atoms with Crippen LogP contribution in [-0.2, 0) is 11.3 Å². The monoisotopic (exact) mass is 318 g/mol. The van der Waals surface area contributed by atoms with E-state index in [2.05, 4.69) is 33.4 Å². The van der Waals surface area contributed by atoms with Gasteiger partial charge in [0.1, 0.15) is 12.2 Å². The summed E-state index contributed by atoms with van der Waals surface area (Å²) in [5.74, 6) is -0.707. The van der Waals surface area contributed by atoms with Gasteiger partial charge in [-0.15, -0.1) is 0 Å². The lowest BCUT2D eigenvalue weighted by Gasteiger charge is -2.08. The number of aromatic nitrogens is 4. The van der Waals surface area contributed by atoms with Gasteiger partial charge in [-0.1, -0.05) is 6.92 Å². The Morgan fingerprint density at radius 2 is 2.25 bits per heavy atom. The molecule has 3 aromatic rings. The Morgan fingerprint density at radius 3 is 3.04 bits per heavy atom. The highest BCUT2D eigenvalue weighted by molar-refractivity contribution is 6.06. The summed E-state index contributed by atoms with van der Waals surface area (Å²) in [6.45, 7) is 2.85. The molecule has 4 rings (SSSR count). The molecule has 1 aromatic carbocycles. The van der Waals surface area contributed by atoms with Crippen LogP contribution in [0.25, 0.3) is 11.0 Å². The number of benzene rings is 1. The van der Waals surface area contributed by atoms with Gasteiger partial charge in [-0.05, 0) is 30.2 Å². The van der Waals surface area contributed by atoms with Crippen LogP contribution in [0.3, 0.4) is 0 Å². The van der Waals surface area contributed by atoms with Crippen molar-refractivity contribution >= 4 is 22.6 Å². The maximum Gasteiger partial charge on any atom is 0.238 e. The smallest absolute Gasteiger partial charge is 0.238 e. The molecule has 24 heavy (non-hydrogen) atoms. The summed E-state index contributed by atoms with van der Waals surface area (Å²) in [6.07, 6.45) is 4.27. The molecule has 7 nitrogen and oxygen atoms in total. The van der Waals surface area contributed by atoms with Crippen molar-refractivity contribution < 1.29 is 4.79 Å². The predicted molar refractivity (Wildman–Crippen MR) is 87.2 cm³/mol. The van der Waals surface area contributed by atoms with Gasteiger partial charge in [0.15, 0.2) is 5.65 Å². The highest BCUT2D eigenvalue weighted by atomic mass is 16.2. The van der Waals surface area contributed by atoms with Crippen LogP contribution in [0.15, 0.2) is 30.7 Å². The molecule has 1 unspecified atom stereocenters. The number of carbonyl (C=O) groups is 1. The second kappa shape index (κ2) is 5.42. The Balaban J connectivity index is 1.89. The summed E-state index contributed by atoms with van der Waals surface area (Å²) in [6, 6.07) is 7.30. The molecule has 1 aliphatic heterocycles. The van der Waals surface area contributed by atoms with E-state index in [-0.39, 0.29) is 5.91 Å². The molecule has 1 aliphatic rings. The van der Waals surface area contributed by atoms with E-state index in [0.29, 0.717) is 16.9 Å². The van der Waals surface area contributed by atoms with Gasteiger partial charge >= 0.3 is 0 Å². The minimum absolute atomic E-state index is 0.150. The van der Waals surface area contributed by atoms with Gasteiger partial charge in [-0.25, -0.2) is 9.97 Å². The third kappa shape index (κ3) is 2.12. The number of hydrogen-bond acceptors (Lipinski definition) is 5. The molecule has 1 N–H and O–H groups in total. The molecule has 118 valence electrons. The molecule has 7 heteroatoms. The number of hydrogen-bond donors (Lipinski definition) is 1. The predicted octanol–water partition coefficient (Wildman–Crippen LogP) is 2.19. The molecule has 2 aromatic heterocycles. The van der Waals surface area contributed by atoms with Crippen LogP contribution in [-0.4, -0.2) is 25.7 Å². The maximum atomic E-state index is 12.5. The van der Waals surface area contributed by atoms with Crippen molar-refractivity contribution in [3.05, 3.63) is 47.5 Å². The first-order valence-corrected chi connectivity index (χ1v) is 7.74. The number of nitrogens with one attached hydrogen (secondary N) is 1. The number of nitriles is 1. The number of anilines is 1. The zero-order valence-corrected chi connectivity index (χ0v) is 13.0. The average Bonchev–Trinajstić information content (AvgIpc) is 3.13. The average molecular weight is 318 g/mol. The topological polar surface area (TPSA) is 96.5 Å². The minimum Gasteiger partial charge on any atom is -0.325 e. The summed E-state index contributed by atoms with van der Waals surface area (Å²) >= 11 is 0. The second-order valence-corrected chi connectivity index (χ2v) is 5.72. The number of rotatable bonds is 3. The lowest BCUT2D eigenvalue weighted by atomic mass is 9.94. The normalized spacial score (nSPS) is 16.0. The van der Waals surface area contributed by atoms with Crippen LogP contribution < -0.4 is 5.32 Å². The van der Waals surface area contributed by atoms with Crippen LogP contribution >= 0.6 is 0 Å². The van der Waals surface area contributed by atoms with Gasteiger partial charge in [0.25, 0.3) is 0 Å². The largest absolute Gasteiger partial charge is 0.325 e. The molecule has 0 radical (unpaired) electrons. The highest BCUT2D eigenvalue weighted by Crippen LogP contribution is 2.38. The van der Waals surface area contributed by atoms with Crippen LogP contribution in [0.5, 0.6) is 0 Å². The van der Waals surface area contributed by atoms with E-state index >= 15 is 0 Å².